The molecule has 0 heterocycles. The topological polar surface area (TPSA) is 66.5 Å². The lowest BCUT2D eigenvalue weighted by Crippen LogP contribution is -2.37. The molecule has 3 aromatic carbocycles. The zero-order valence-electron chi connectivity index (χ0n) is 15.3. The summed E-state index contributed by atoms with van der Waals surface area (Å²) in [4.78, 5) is 12.8. The molecule has 3 rings (SSSR count). The maximum atomic E-state index is 13.2. The number of halogens is 2. The smallest absolute Gasteiger partial charge is 0.243 e. The third-order valence-electron chi connectivity index (χ3n) is 4.12. The van der Waals surface area contributed by atoms with Gasteiger partial charge in [-0.15, -0.1) is 0 Å². The lowest BCUT2D eigenvalue weighted by Gasteiger charge is -2.22. The van der Waals surface area contributed by atoms with Gasteiger partial charge in [-0.3, -0.25) is 4.79 Å². The Hall–Kier alpha value is -2.00. The number of nitrogens with one attached hydrogen (secondary N) is 1. The number of benzene rings is 3. The largest absolute Gasteiger partial charge is 0.324 e. The number of amides is 1. The van der Waals surface area contributed by atoms with Crippen molar-refractivity contribution in [1.82, 2.24) is 4.31 Å². The third kappa shape index (κ3) is 5.76. The van der Waals surface area contributed by atoms with Crippen LogP contribution in [0, 0.1) is 0 Å². The van der Waals surface area contributed by atoms with Crippen molar-refractivity contribution in [3.63, 3.8) is 0 Å². The van der Waals surface area contributed by atoms with Crippen LogP contribution in [0.5, 0.6) is 0 Å². The first-order valence-electron chi connectivity index (χ1n) is 8.70. The molecule has 3 aromatic rings. The van der Waals surface area contributed by atoms with Gasteiger partial charge in [0.05, 0.1) is 17.1 Å². The van der Waals surface area contributed by atoms with Crippen molar-refractivity contribution < 1.29 is 13.2 Å². The molecule has 0 unspecified atom stereocenters. The molecular weight excluding hydrogens is 520 g/mol. The second-order valence-electron chi connectivity index (χ2n) is 6.24. The number of hydrogen-bond donors (Lipinski definition) is 1. The highest BCUT2D eigenvalue weighted by Gasteiger charge is 2.27. The highest BCUT2D eigenvalue weighted by molar-refractivity contribution is 9.10. The molecule has 8 heteroatoms. The van der Waals surface area contributed by atoms with Crippen LogP contribution in [0.4, 0.5) is 5.69 Å². The molecule has 0 saturated heterocycles. The summed E-state index contributed by atoms with van der Waals surface area (Å²) < 4.78 is 29.1. The lowest BCUT2D eigenvalue weighted by molar-refractivity contribution is -0.116. The van der Waals surface area contributed by atoms with Gasteiger partial charge in [-0.1, -0.05) is 58.4 Å². The molecule has 1 amide bonds. The Morgan fingerprint density at radius 2 is 1.48 bits per heavy atom. The summed E-state index contributed by atoms with van der Waals surface area (Å²) >= 11 is 6.69. The van der Waals surface area contributed by atoms with Gasteiger partial charge in [0, 0.05) is 15.5 Å². The Balaban J connectivity index is 1.87. The van der Waals surface area contributed by atoms with Crippen molar-refractivity contribution in [1.29, 1.82) is 0 Å². The summed E-state index contributed by atoms with van der Waals surface area (Å²) in [6.07, 6.45) is 0. The van der Waals surface area contributed by atoms with Gasteiger partial charge >= 0.3 is 0 Å². The first kappa shape index (κ1) is 21.7. The fraction of sp³-hybridized carbons (Fsp3) is 0.0952. The van der Waals surface area contributed by atoms with Crippen molar-refractivity contribution in [3.8, 4) is 0 Å². The predicted molar refractivity (Wildman–Crippen MR) is 121 cm³/mol. The molecule has 0 spiro atoms. The van der Waals surface area contributed by atoms with Gasteiger partial charge in [0.1, 0.15) is 0 Å². The maximum Gasteiger partial charge on any atom is 0.243 e. The van der Waals surface area contributed by atoms with E-state index in [1.54, 1.807) is 30.3 Å². The minimum atomic E-state index is -3.87. The monoisotopic (exact) mass is 536 g/mol. The summed E-state index contributed by atoms with van der Waals surface area (Å²) in [6.45, 7) is -0.225. The van der Waals surface area contributed by atoms with E-state index in [4.69, 9.17) is 0 Å². The SMILES string of the molecule is O=C(CN(Cc1ccccc1)S(=O)(=O)c1ccc(Br)cc1)Nc1ccccc1Br. The first-order valence-corrected chi connectivity index (χ1v) is 11.7. The van der Waals surface area contributed by atoms with Crippen LogP contribution in [0.3, 0.4) is 0 Å². The van der Waals surface area contributed by atoms with Crippen molar-refractivity contribution in [2.24, 2.45) is 0 Å². The number of para-hydroxylation sites is 1. The Bertz CT molecular complexity index is 1090. The predicted octanol–water partition coefficient (Wildman–Crippen LogP) is 5.04. The van der Waals surface area contributed by atoms with E-state index in [9.17, 15) is 13.2 Å². The Labute approximate surface area is 187 Å². The number of rotatable bonds is 7. The van der Waals surface area contributed by atoms with Crippen molar-refractivity contribution in [3.05, 3.63) is 93.4 Å². The van der Waals surface area contributed by atoms with Crippen LogP contribution in [0.15, 0.2) is 92.7 Å². The van der Waals surface area contributed by atoms with E-state index in [0.29, 0.717) is 5.69 Å². The summed E-state index contributed by atoms with van der Waals surface area (Å²) in [6, 6.07) is 22.7. The van der Waals surface area contributed by atoms with E-state index in [1.807, 2.05) is 36.4 Å². The van der Waals surface area contributed by atoms with Crippen LogP contribution < -0.4 is 5.32 Å². The minimum Gasteiger partial charge on any atom is -0.324 e. The Kier molecular flexibility index (Phi) is 7.23. The fourth-order valence-corrected chi connectivity index (χ4v) is 4.71. The molecule has 29 heavy (non-hydrogen) atoms. The summed E-state index contributed by atoms with van der Waals surface area (Å²) in [5.41, 5.74) is 1.38. The zero-order valence-corrected chi connectivity index (χ0v) is 19.2. The summed E-state index contributed by atoms with van der Waals surface area (Å²) in [5, 5.41) is 2.76. The molecule has 0 bridgehead atoms. The molecule has 0 fully saturated rings. The maximum absolute atomic E-state index is 13.2. The number of carbonyl (C=O) groups is 1. The van der Waals surface area contributed by atoms with Crippen molar-refractivity contribution in [2.45, 2.75) is 11.4 Å². The number of hydrogen-bond acceptors (Lipinski definition) is 3. The Morgan fingerprint density at radius 3 is 2.14 bits per heavy atom. The van der Waals surface area contributed by atoms with Crippen LogP contribution in [-0.2, 0) is 21.4 Å². The van der Waals surface area contributed by atoms with E-state index < -0.39 is 15.9 Å². The molecule has 0 atom stereocenters. The van der Waals surface area contributed by atoms with E-state index >= 15 is 0 Å². The second kappa shape index (κ2) is 9.67. The lowest BCUT2D eigenvalue weighted by atomic mass is 10.2. The molecule has 0 saturated carbocycles. The molecule has 0 aliphatic rings. The van der Waals surface area contributed by atoms with Gasteiger partial charge < -0.3 is 5.32 Å². The van der Waals surface area contributed by atoms with Crippen LogP contribution >= 0.6 is 31.9 Å². The van der Waals surface area contributed by atoms with Gasteiger partial charge in [-0.25, -0.2) is 8.42 Å². The number of nitrogens with zero attached hydrogens (tertiary/aromatic N) is 1. The first-order chi connectivity index (χ1) is 13.9. The molecule has 0 radical (unpaired) electrons. The number of carbonyl (C=O) groups excluding carboxylic acids is 1. The highest BCUT2D eigenvalue weighted by atomic mass is 79.9. The molecule has 1 N–H and O–H groups in total. The molecular formula is C21H18Br2N2O3S. The van der Waals surface area contributed by atoms with Gasteiger partial charge in [-0.05, 0) is 57.9 Å². The average molecular weight is 538 g/mol. The molecule has 0 aromatic heterocycles. The average Bonchev–Trinajstić information content (AvgIpc) is 2.70. The summed E-state index contributed by atoms with van der Waals surface area (Å²) in [5.74, 6) is -0.423. The molecule has 5 nitrogen and oxygen atoms in total. The standard InChI is InChI=1S/C21H18Br2N2O3S/c22-17-10-12-18(13-11-17)29(27,28)25(14-16-6-2-1-3-7-16)15-21(26)24-20-9-5-4-8-19(20)23/h1-13H,14-15H2,(H,24,26). The highest BCUT2D eigenvalue weighted by Crippen LogP contribution is 2.23. The second-order valence-corrected chi connectivity index (χ2v) is 9.95. The normalized spacial score (nSPS) is 11.4. The quantitative estimate of drug-likeness (QED) is 0.459. The van der Waals surface area contributed by atoms with E-state index in [2.05, 4.69) is 37.2 Å². The van der Waals surface area contributed by atoms with Crippen LogP contribution in [0.1, 0.15) is 5.56 Å². The van der Waals surface area contributed by atoms with Crippen molar-refractivity contribution in [2.75, 3.05) is 11.9 Å². The van der Waals surface area contributed by atoms with Crippen molar-refractivity contribution >= 4 is 53.5 Å². The van der Waals surface area contributed by atoms with E-state index in [0.717, 1.165) is 14.5 Å². The molecule has 150 valence electrons. The van der Waals surface area contributed by atoms with Gasteiger partial charge in [0.2, 0.25) is 15.9 Å². The molecule has 0 aliphatic carbocycles. The van der Waals surface area contributed by atoms with Crippen LogP contribution in [0.2, 0.25) is 0 Å². The number of anilines is 1. The fourth-order valence-electron chi connectivity index (χ4n) is 2.68. The number of sulfonamides is 1. The van der Waals surface area contributed by atoms with Gasteiger partial charge in [0.15, 0.2) is 0 Å². The van der Waals surface area contributed by atoms with E-state index in [1.165, 1.54) is 16.4 Å². The minimum absolute atomic E-state index is 0.0859. The molecule has 0 aliphatic heterocycles. The Morgan fingerprint density at radius 1 is 0.862 bits per heavy atom. The van der Waals surface area contributed by atoms with Gasteiger partial charge in [0.25, 0.3) is 0 Å². The summed E-state index contributed by atoms with van der Waals surface area (Å²) in [7, 11) is -3.87. The van der Waals surface area contributed by atoms with E-state index in [-0.39, 0.29) is 18.0 Å². The van der Waals surface area contributed by atoms with Crippen LogP contribution in [0.25, 0.3) is 0 Å². The van der Waals surface area contributed by atoms with Gasteiger partial charge in [-0.2, -0.15) is 4.31 Å². The third-order valence-corrected chi connectivity index (χ3v) is 7.15. The zero-order chi connectivity index (χ0) is 20.9. The van der Waals surface area contributed by atoms with Crippen LogP contribution in [-0.4, -0.2) is 25.2 Å².